The lowest BCUT2D eigenvalue weighted by Crippen LogP contribution is -2.49. The Morgan fingerprint density at radius 3 is 2.69 bits per heavy atom. The fraction of sp³-hybridized carbons (Fsp3) is 0.320. The normalized spacial score (nSPS) is 18.9. The summed E-state index contributed by atoms with van der Waals surface area (Å²) in [6, 6.07) is 11.9. The topological polar surface area (TPSA) is 72.4 Å². The van der Waals surface area contributed by atoms with Gasteiger partial charge in [-0.3, -0.25) is 9.69 Å². The molecule has 1 unspecified atom stereocenters. The molecule has 6 rings (SSSR count). The second-order valence-corrected chi connectivity index (χ2v) is 9.86. The number of benzene rings is 1. The van der Waals surface area contributed by atoms with E-state index in [0.717, 1.165) is 30.6 Å². The van der Waals surface area contributed by atoms with Crippen LogP contribution in [-0.2, 0) is 17.4 Å². The number of carbonyl (C=O) groups excluding carboxylic acids is 1. The van der Waals surface area contributed by atoms with Crippen LogP contribution in [0.3, 0.4) is 0 Å². The third-order valence-corrected chi connectivity index (χ3v) is 7.70. The van der Waals surface area contributed by atoms with Gasteiger partial charge in [-0.25, -0.2) is 0 Å². The number of alkyl halides is 3. The molecule has 1 saturated heterocycles. The van der Waals surface area contributed by atoms with E-state index in [9.17, 15) is 18.0 Å². The second-order valence-electron chi connectivity index (χ2n) is 8.81. The Morgan fingerprint density at radius 2 is 1.94 bits per heavy atom. The van der Waals surface area contributed by atoms with Crippen LogP contribution >= 0.6 is 11.3 Å². The maximum atomic E-state index is 13.8. The van der Waals surface area contributed by atoms with Crippen LogP contribution in [0.25, 0.3) is 33.5 Å². The fourth-order valence-electron chi connectivity index (χ4n) is 4.83. The van der Waals surface area contributed by atoms with Crippen LogP contribution in [0.4, 0.5) is 13.2 Å². The van der Waals surface area contributed by atoms with Crippen LogP contribution in [-0.4, -0.2) is 34.4 Å². The van der Waals surface area contributed by atoms with Gasteiger partial charge in [-0.1, -0.05) is 35.5 Å². The molecule has 0 saturated carbocycles. The lowest BCUT2D eigenvalue weighted by Gasteiger charge is -2.43. The number of aryl methyl sites for hydroxylation is 1. The molecule has 0 bridgehead atoms. The Bertz CT molecular complexity index is 1370. The van der Waals surface area contributed by atoms with Crippen molar-refractivity contribution in [3.05, 3.63) is 58.7 Å². The number of hydrogen-bond donors (Lipinski definition) is 0. The van der Waals surface area contributed by atoms with Gasteiger partial charge in [0.25, 0.3) is 5.89 Å². The third-order valence-electron chi connectivity index (χ3n) is 6.53. The molecule has 4 heterocycles. The van der Waals surface area contributed by atoms with Crippen LogP contribution in [0.15, 0.2) is 51.4 Å². The quantitative estimate of drug-likeness (QED) is 0.328. The largest absolute Gasteiger partial charge is 0.457 e. The lowest BCUT2D eigenvalue weighted by molar-refractivity contribution is -0.133. The van der Waals surface area contributed by atoms with E-state index in [0.29, 0.717) is 35.7 Å². The molecule has 3 aromatic heterocycles. The van der Waals surface area contributed by atoms with Gasteiger partial charge in [0, 0.05) is 36.7 Å². The van der Waals surface area contributed by atoms with E-state index < -0.39 is 11.1 Å². The van der Waals surface area contributed by atoms with Crippen molar-refractivity contribution in [1.29, 1.82) is 0 Å². The van der Waals surface area contributed by atoms with Gasteiger partial charge in [0.05, 0.1) is 10.8 Å². The monoisotopic (exact) mass is 498 g/mol. The molecule has 1 atom stereocenters. The molecule has 0 N–H and O–H groups in total. The van der Waals surface area contributed by atoms with Crippen molar-refractivity contribution in [3.63, 3.8) is 0 Å². The average Bonchev–Trinajstić information content (AvgIpc) is 3.56. The number of nitrogens with zero attached hydrogens (tertiary/aromatic N) is 3. The van der Waals surface area contributed by atoms with Gasteiger partial charge in [0.15, 0.2) is 5.76 Å². The summed E-state index contributed by atoms with van der Waals surface area (Å²) in [5, 5.41) is 3.99. The maximum Gasteiger partial charge on any atom is 0.426 e. The standard InChI is InChI=1S/C25H19F3N3O3S/c26-25(27,28)22-16(15-5-2-1-3-6-15)10-21(35-22)24-29-23(30-34-24)20-9-17-18(7-4-8-19(17)33-20)31-11-14(12-31)13-32/h1-3,5-6,9-10,14,18H,4,7-8,11-12H2. The Morgan fingerprint density at radius 1 is 1.14 bits per heavy atom. The van der Waals surface area contributed by atoms with Crippen LogP contribution in [0.2, 0.25) is 0 Å². The van der Waals surface area contributed by atoms with Crippen LogP contribution in [0.1, 0.15) is 35.1 Å². The molecule has 0 spiro atoms. The first kappa shape index (κ1) is 22.2. The number of hydrogen-bond acceptors (Lipinski definition) is 7. The number of likely N-dealkylation sites (tertiary alicyclic amines) is 1. The van der Waals surface area contributed by atoms with Gasteiger partial charge >= 0.3 is 6.18 Å². The summed E-state index contributed by atoms with van der Waals surface area (Å²) in [5.74, 6) is 1.43. The van der Waals surface area contributed by atoms with Crippen molar-refractivity contribution in [1.82, 2.24) is 15.0 Å². The van der Waals surface area contributed by atoms with Gasteiger partial charge < -0.3 is 8.94 Å². The van der Waals surface area contributed by atoms with E-state index in [2.05, 4.69) is 21.3 Å². The van der Waals surface area contributed by atoms with Crippen molar-refractivity contribution >= 4 is 17.6 Å². The van der Waals surface area contributed by atoms with Crippen LogP contribution in [0.5, 0.6) is 0 Å². The van der Waals surface area contributed by atoms with Crippen molar-refractivity contribution in [2.24, 2.45) is 5.92 Å². The summed E-state index contributed by atoms with van der Waals surface area (Å²) in [5.41, 5.74) is 1.59. The van der Waals surface area contributed by atoms with E-state index in [1.54, 1.807) is 30.3 Å². The summed E-state index contributed by atoms with van der Waals surface area (Å²) < 4.78 is 52.6. The molecular formula is C25H19F3N3O3S. The van der Waals surface area contributed by atoms with Gasteiger partial charge in [-0.05, 0) is 30.5 Å². The molecule has 10 heteroatoms. The Balaban J connectivity index is 1.31. The van der Waals surface area contributed by atoms with Crippen LogP contribution < -0.4 is 0 Å². The Hall–Kier alpha value is -3.24. The van der Waals surface area contributed by atoms with Crippen molar-refractivity contribution in [2.75, 3.05) is 13.1 Å². The van der Waals surface area contributed by atoms with E-state index in [1.807, 2.05) is 6.07 Å². The summed E-state index contributed by atoms with van der Waals surface area (Å²) in [7, 11) is 0. The van der Waals surface area contributed by atoms with Gasteiger partial charge in [0.1, 0.15) is 10.6 Å². The first-order chi connectivity index (χ1) is 16.9. The molecule has 1 fully saturated rings. The lowest BCUT2D eigenvalue weighted by atomic mass is 9.88. The first-order valence-electron chi connectivity index (χ1n) is 11.3. The highest BCUT2D eigenvalue weighted by atomic mass is 32.1. The SMILES string of the molecule is O=[C]C1CN(C2CCCc3oc(-c4noc(-c5cc(-c6ccccc6)c(C(F)(F)F)s5)n4)cc32)C1. The Labute approximate surface area is 202 Å². The zero-order valence-electron chi connectivity index (χ0n) is 18.3. The maximum absolute atomic E-state index is 13.8. The van der Waals surface area contributed by atoms with Crippen LogP contribution in [0, 0.1) is 5.92 Å². The predicted molar refractivity (Wildman–Crippen MR) is 122 cm³/mol. The fourth-order valence-corrected chi connectivity index (χ4v) is 5.80. The van der Waals surface area contributed by atoms with Crippen molar-refractivity contribution in [2.45, 2.75) is 31.5 Å². The minimum absolute atomic E-state index is 0.00991. The summed E-state index contributed by atoms with van der Waals surface area (Å²) in [6.45, 7) is 1.37. The molecule has 4 aromatic rings. The highest BCUT2D eigenvalue weighted by Gasteiger charge is 2.38. The molecule has 1 aliphatic carbocycles. The van der Waals surface area contributed by atoms with E-state index in [1.165, 1.54) is 6.07 Å². The average molecular weight is 499 g/mol. The molecule has 2 aliphatic rings. The van der Waals surface area contributed by atoms with Gasteiger partial charge in [-0.15, -0.1) is 11.3 Å². The van der Waals surface area contributed by atoms with Crippen molar-refractivity contribution < 1.29 is 26.9 Å². The molecule has 35 heavy (non-hydrogen) atoms. The summed E-state index contributed by atoms with van der Waals surface area (Å²) in [4.78, 5) is 17.0. The third kappa shape index (κ3) is 4.00. The highest BCUT2D eigenvalue weighted by Crippen LogP contribution is 2.46. The first-order valence-corrected chi connectivity index (χ1v) is 12.1. The van der Waals surface area contributed by atoms with E-state index in [-0.39, 0.29) is 34.1 Å². The number of halogens is 3. The molecular weight excluding hydrogens is 479 g/mol. The molecule has 1 radical (unpaired) electrons. The van der Waals surface area contributed by atoms with Gasteiger partial charge in [-0.2, -0.15) is 18.2 Å². The minimum Gasteiger partial charge on any atom is -0.457 e. The smallest absolute Gasteiger partial charge is 0.426 e. The van der Waals surface area contributed by atoms with E-state index >= 15 is 0 Å². The van der Waals surface area contributed by atoms with Gasteiger partial charge in [0.2, 0.25) is 12.1 Å². The molecule has 6 nitrogen and oxygen atoms in total. The molecule has 1 aromatic carbocycles. The second kappa shape index (κ2) is 8.46. The zero-order valence-corrected chi connectivity index (χ0v) is 19.2. The number of furan rings is 1. The molecule has 1 aliphatic heterocycles. The van der Waals surface area contributed by atoms with E-state index in [4.69, 9.17) is 8.94 Å². The predicted octanol–water partition coefficient (Wildman–Crippen LogP) is 6.16. The van der Waals surface area contributed by atoms with Crippen molar-refractivity contribution in [3.8, 4) is 33.5 Å². The number of rotatable bonds is 5. The number of thiophene rings is 1. The summed E-state index contributed by atoms with van der Waals surface area (Å²) >= 11 is 0.577. The zero-order chi connectivity index (χ0) is 24.2. The number of fused-ring (bicyclic) bond motifs is 1. The number of aromatic nitrogens is 2. The summed E-state index contributed by atoms with van der Waals surface area (Å²) in [6.07, 6.45) is 0.256. The highest BCUT2D eigenvalue weighted by molar-refractivity contribution is 7.16. The molecule has 0 amide bonds. The molecule has 179 valence electrons. The minimum atomic E-state index is -4.51. The Kier molecular flexibility index (Phi) is 5.37.